The molecule has 1 fully saturated rings. The Morgan fingerprint density at radius 1 is 0.964 bits per heavy atom. The van der Waals surface area contributed by atoms with Crippen molar-refractivity contribution < 1.29 is 10.2 Å². The van der Waals surface area contributed by atoms with Gasteiger partial charge in [-0.05, 0) is 76.6 Å². The van der Waals surface area contributed by atoms with Gasteiger partial charge < -0.3 is 20.0 Å². The zero-order valence-corrected chi connectivity index (χ0v) is 19.3. The molecule has 0 atom stereocenters. The number of hydrogen-bond acceptors (Lipinski definition) is 7. The fraction of sp³-hybridized carbons (Fsp3) is 0.762. The minimum absolute atomic E-state index is 0.0735. The van der Waals surface area contributed by atoms with Crippen LogP contribution in [-0.4, -0.2) is 75.3 Å². The van der Waals surface area contributed by atoms with Crippen LogP contribution in [-0.2, 0) is 19.6 Å². The van der Waals surface area contributed by atoms with Gasteiger partial charge in [0.05, 0.1) is 24.6 Å². The molecule has 0 radical (unpaired) electrons. The number of aromatic nitrogens is 1. The van der Waals surface area contributed by atoms with Crippen LogP contribution >= 0.6 is 21.6 Å². The van der Waals surface area contributed by atoms with Crippen molar-refractivity contribution in [1.82, 2.24) is 14.8 Å². The van der Waals surface area contributed by atoms with Crippen molar-refractivity contribution in [2.45, 2.75) is 57.5 Å². The molecule has 2 heterocycles. The van der Waals surface area contributed by atoms with Crippen molar-refractivity contribution in [3.05, 3.63) is 29.1 Å². The lowest BCUT2D eigenvalue weighted by atomic mass is 10.1. The van der Waals surface area contributed by atoms with Gasteiger partial charge in [0.1, 0.15) is 0 Å². The van der Waals surface area contributed by atoms with Gasteiger partial charge in [0.25, 0.3) is 0 Å². The molecule has 0 saturated carbocycles. The summed E-state index contributed by atoms with van der Waals surface area (Å²) >= 11 is 0. The molecule has 2 N–H and O–H groups in total. The first-order valence-electron chi connectivity index (χ1n) is 10.3. The number of hydrogen-bond donors (Lipinski definition) is 2. The van der Waals surface area contributed by atoms with Crippen molar-refractivity contribution in [2.24, 2.45) is 0 Å². The Morgan fingerprint density at radius 2 is 1.50 bits per heavy atom. The molecule has 1 aliphatic heterocycles. The molecule has 5 nitrogen and oxygen atoms in total. The molecule has 0 aliphatic carbocycles. The molecule has 7 heteroatoms. The fourth-order valence-corrected chi connectivity index (χ4v) is 6.05. The molecule has 0 aromatic carbocycles. The van der Waals surface area contributed by atoms with Crippen molar-refractivity contribution in [1.29, 1.82) is 0 Å². The van der Waals surface area contributed by atoms with Crippen LogP contribution in [0.1, 0.15) is 50.1 Å². The first-order valence-corrected chi connectivity index (χ1v) is 12.9. The Kier molecular flexibility index (Phi) is 10.6. The Bertz CT molecular complexity index is 557. The highest BCUT2D eigenvalue weighted by Crippen LogP contribution is 2.37. The van der Waals surface area contributed by atoms with Gasteiger partial charge in [0.2, 0.25) is 0 Å². The summed E-state index contributed by atoms with van der Waals surface area (Å²) in [5.74, 6) is 0. The first-order chi connectivity index (χ1) is 13.5. The predicted octanol–water partition coefficient (Wildman–Crippen LogP) is 3.19. The summed E-state index contributed by atoms with van der Waals surface area (Å²) in [5.41, 5.74) is 2.45. The highest BCUT2D eigenvalue weighted by Gasteiger charge is 2.20. The molecule has 2 rings (SSSR count). The van der Waals surface area contributed by atoms with Gasteiger partial charge in [-0.3, -0.25) is 4.98 Å². The van der Waals surface area contributed by atoms with Crippen molar-refractivity contribution in [2.75, 3.05) is 45.5 Å². The Balaban J connectivity index is 1.64. The summed E-state index contributed by atoms with van der Waals surface area (Å²) in [4.78, 5) is 9.38. The van der Waals surface area contributed by atoms with Crippen LogP contribution < -0.4 is 0 Å². The molecule has 1 saturated heterocycles. The number of aliphatic hydroxyl groups is 2. The maximum absolute atomic E-state index is 9.31. The second-order valence-corrected chi connectivity index (χ2v) is 11.3. The molecule has 28 heavy (non-hydrogen) atoms. The first kappa shape index (κ1) is 24.0. The molecule has 0 bridgehead atoms. The van der Waals surface area contributed by atoms with Gasteiger partial charge in [-0.15, -0.1) is 0 Å². The van der Waals surface area contributed by atoms with Gasteiger partial charge >= 0.3 is 0 Å². The fourth-order valence-electron chi connectivity index (χ4n) is 3.76. The van der Waals surface area contributed by atoms with Crippen LogP contribution in [0.25, 0.3) is 0 Å². The third-order valence-electron chi connectivity index (χ3n) is 5.28. The maximum Gasteiger partial charge on any atom is 0.0853 e. The quantitative estimate of drug-likeness (QED) is 0.497. The Morgan fingerprint density at radius 3 is 2.00 bits per heavy atom. The third kappa shape index (κ3) is 8.59. The molecule has 1 aliphatic rings. The van der Waals surface area contributed by atoms with Crippen LogP contribution in [0.5, 0.6) is 0 Å². The molecular weight excluding hydrogens is 390 g/mol. The van der Waals surface area contributed by atoms with Gasteiger partial charge in [-0.2, -0.15) is 0 Å². The van der Waals surface area contributed by atoms with Gasteiger partial charge in [0, 0.05) is 30.9 Å². The molecule has 1 aromatic heterocycles. The molecular formula is C21H37N3O2S2. The highest BCUT2D eigenvalue weighted by atomic mass is 33.1. The van der Waals surface area contributed by atoms with Crippen LogP contribution in [0.15, 0.2) is 12.1 Å². The normalized spacial score (nSPS) is 16.6. The molecule has 160 valence electrons. The van der Waals surface area contributed by atoms with Gasteiger partial charge in [-0.1, -0.05) is 21.6 Å². The smallest absolute Gasteiger partial charge is 0.0853 e. The lowest BCUT2D eigenvalue weighted by Gasteiger charge is -2.35. The lowest BCUT2D eigenvalue weighted by molar-refractivity contribution is 0.129. The zero-order chi connectivity index (χ0) is 20.4. The van der Waals surface area contributed by atoms with E-state index < -0.39 is 0 Å². The number of piperazine rings is 1. The predicted molar refractivity (Wildman–Crippen MR) is 122 cm³/mol. The van der Waals surface area contributed by atoms with E-state index in [2.05, 4.69) is 34.9 Å². The summed E-state index contributed by atoms with van der Waals surface area (Å²) < 4.78 is 0.375. The SMILES string of the molecule is CSSC(C)(C)CCCN1CCN(CCCc2cc(CO)nc(CO)c2)CC1. The summed E-state index contributed by atoms with van der Waals surface area (Å²) in [7, 11) is 3.86. The summed E-state index contributed by atoms with van der Waals surface area (Å²) in [5, 5.41) is 18.6. The number of aryl methyl sites for hydroxylation is 1. The van der Waals surface area contributed by atoms with E-state index in [1.165, 1.54) is 32.5 Å². The third-order valence-corrected chi connectivity index (χ3v) is 7.96. The minimum Gasteiger partial charge on any atom is -0.390 e. The van der Waals surface area contributed by atoms with E-state index in [1.54, 1.807) is 0 Å². The van der Waals surface area contributed by atoms with E-state index in [-0.39, 0.29) is 13.2 Å². The van der Waals surface area contributed by atoms with E-state index in [4.69, 9.17) is 0 Å². The van der Waals surface area contributed by atoms with Crippen molar-refractivity contribution in [3.8, 4) is 0 Å². The maximum atomic E-state index is 9.31. The lowest BCUT2D eigenvalue weighted by Crippen LogP contribution is -2.46. The van der Waals surface area contributed by atoms with E-state index in [0.717, 1.165) is 38.0 Å². The topological polar surface area (TPSA) is 59.8 Å². The average Bonchev–Trinajstić information content (AvgIpc) is 2.68. The molecule has 0 spiro atoms. The number of aliphatic hydroxyl groups excluding tert-OH is 2. The molecule has 1 aromatic rings. The van der Waals surface area contributed by atoms with Gasteiger partial charge in [-0.25, -0.2) is 0 Å². The zero-order valence-electron chi connectivity index (χ0n) is 17.7. The van der Waals surface area contributed by atoms with Crippen LogP contribution in [0, 0.1) is 0 Å². The van der Waals surface area contributed by atoms with Crippen molar-refractivity contribution >= 4 is 21.6 Å². The summed E-state index contributed by atoms with van der Waals surface area (Å²) in [6.45, 7) is 11.5. The van der Waals surface area contributed by atoms with E-state index >= 15 is 0 Å². The molecule has 0 amide bonds. The molecule has 0 unspecified atom stereocenters. The van der Waals surface area contributed by atoms with Crippen molar-refractivity contribution in [3.63, 3.8) is 0 Å². The monoisotopic (exact) mass is 427 g/mol. The summed E-state index contributed by atoms with van der Waals surface area (Å²) in [6, 6.07) is 3.90. The standard InChI is InChI=1S/C21H37N3O2S2/c1-21(2,28-27-3)7-5-9-24-12-10-23(11-13-24)8-4-6-18-14-19(16-25)22-20(15-18)17-26/h14-15,25-26H,4-13,16-17H2,1-3H3. The summed E-state index contributed by atoms with van der Waals surface area (Å²) in [6.07, 6.45) is 6.78. The van der Waals surface area contributed by atoms with Crippen LogP contribution in [0.2, 0.25) is 0 Å². The van der Waals surface area contributed by atoms with Crippen LogP contribution in [0.3, 0.4) is 0 Å². The van der Waals surface area contributed by atoms with E-state index in [1.807, 2.05) is 33.7 Å². The van der Waals surface area contributed by atoms with Crippen LogP contribution in [0.4, 0.5) is 0 Å². The second-order valence-electron chi connectivity index (χ2n) is 8.17. The number of pyridine rings is 1. The minimum atomic E-state index is -0.0735. The van der Waals surface area contributed by atoms with E-state index in [0.29, 0.717) is 16.1 Å². The largest absolute Gasteiger partial charge is 0.390 e. The second kappa shape index (κ2) is 12.4. The van der Waals surface area contributed by atoms with Gasteiger partial charge in [0.15, 0.2) is 0 Å². The highest BCUT2D eigenvalue weighted by molar-refractivity contribution is 8.76. The Hall–Kier alpha value is -0.310. The number of nitrogens with zero attached hydrogens (tertiary/aromatic N) is 3. The average molecular weight is 428 g/mol. The number of rotatable bonds is 12. The van der Waals surface area contributed by atoms with E-state index in [9.17, 15) is 10.2 Å². The Labute approximate surface area is 178 Å².